The third kappa shape index (κ3) is 3.38. The summed E-state index contributed by atoms with van der Waals surface area (Å²) in [4.78, 5) is 0. The van der Waals surface area contributed by atoms with E-state index in [9.17, 15) is 0 Å². The van der Waals surface area contributed by atoms with Gasteiger partial charge in [-0.05, 0) is 40.5 Å². The predicted molar refractivity (Wildman–Crippen MR) is 110 cm³/mol. The molecule has 27 heavy (non-hydrogen) atoms. The van der Waals surface area contributed by atoms with Gasteiger partial charge in [-0.15, -0.1) is 0 Å². The molecule has 144 valence electrons. The lowest BCUT2D eigenvalue weighted by molar-refractivity contribution is -0.482. The molecule has 1 atom stereocenters. The number of halogens is 1. The van der Waals surface area contributed by atoms with Crippen LogP contribution in [0, 0.1) is 0 Å². The van der Waals surface area contributed by atoms with Crippen LogP contribution in [0.3, 0.4) is 0 Å². The summed E-state index contributed by atoms with van der Waals surface area (Å²) >= 11 is 3.60. The smallest absolute Gasteiger partial charge is 0.210 e. The summed E-state index contributed by atoms with van der Waals surface area (Å²) in [6.45, 7) is 4.35. The summed E-state index contributed by atoms with van der Waals surface area (Å²) in [5.74, 6) is 2.88. The van der Waals surface area contributed by atoms with Gasteiger partial charge in [0.1, 0.15) is 0 Å². The molecule has 0 bridgehead atoms. The maximum Gasteiger partial charge on any atom is 0.210 e. The average Bonchev–Trinajstić information content (AvgIpc) is 2.66. The van der Waals surface area contributed by atoms with E-state index in [0.717, 1.165) is 39.4 Å². The highest BCUT2D eigenvalue weighted by atomic mass is 79.9. The Kier molecular flexibility index (Phi) is 5.65. The van der Waals surface area contributed by atoms with Crippen molar-refractivity contribution in [2.45, 2.75) is 26.3 Å². The molecule has 0 saturated heterocycles. The lowest BCUT2D eigenvalue weighted by Gasteiger charge is -2.23. The Bertz CT molecular complexity index is 908. The molecule has 0 radical (unpaired) electrons. The maximum absolute atomic E-state index is 5.53. The molecule has 0 amide bonds. The molecule has 0 aliphatic carbocycles. The Morgan fingerprint density at radius 1 is 0.889 bits per heavy atom. The van der Waals surface area contributed by atoms with Gasteiger partial charge in [0.05, 0.1) is 39.0 Å². The molecule has 1 aliphatic heterocycles. The summed E-state index contributed by atoms with van der Waals surface area (Å²) < 4.78 is 25.1. The summed E-state index contributed by atoms with van der Waals surface area (Å²) in [5.41, 5.74) is 4.62. The normalized spacial score (nSPS) is 16.0. The van der Waals surface area contributed by atoms with Crippen molar-refractivity contribution in [3.8, 4) is 23.0 Å². The molecule has 0 N–H and O–H groups in total. The quantitative estimate of drug-likeness (QED) is 0.645. The lowest BCUT2D eigenvalue weighted by Crippen LogP contribution is -2.32. The fourth-order valence-electron chi connectivity index (χ4n) is 3.79. The van der Waals surface area contributed by atoms with E-state index in [4.69, 9.17) is 18.9 Å². The molecular formula is C21H25BrNO4+. The van der Waals surface area contributed by atoms with Gasteiger partial charge in [0.25, 0.3) is 0 Å². The second-order valence-corrected chi connectivity index (χ2v) is 7.39. The summed E-state index contributed by atoms with van der Waals surface area (Å²) in [5, 5.41) is 0. The Labute approximate surface area is 168 Å². The molecule has 5 nitrogen and oxygen atoms in total. The van der Waals surface area contributed by atoms with Crippen LogP contribution >= 0.6 is 15.9 Å². The molecule has 2 aromatic rings. The topological polar surface area (TPSA) is 39.9 Å². The Balaban J connectivity index is 2.20. The predicted octanol–water partition coefficient (Wildman–Crippen LogP) is 4.58. The van der Waals surface area contributed by atoms with Crippen molar-refractivity contribution >= 4 is 27.3 Å². The second-order valence-electron chi connectivity index (χ2n) is 6.54. The molecule has 0 fully saturated rings. The van der Waals surface area contributed by atoms with Gasteiger partial charge in [0.15, 0.2) is 34.8 Å². The third-order valence-corrected chi connectivity index (χ3v) is 5.60. The minimum absolute atomic E-state index is 0.278. The molecule has 0 saturated carbocycles. The fourth-order valence-corrected chi connectivity index (χ4v) is 4.38. The van der Waals surface area contributed by atoms with Crippen LogP contribution in [0.25, 0.3) is 0 Å². The van der Waals surface area contributed by atoms with Crippen LogP contribution in [0.2, 0.25) is 0 Å². The van der Waals surface area contributed by atoms with Gasteiger partial charge in [0.2, 0.25) is 5.69 Å². The zero-order valence-corrected chi connectivity index (χ0v) is 18.1. The van der Waals surface area contributed by atoms with Gasteiger partial charge in [0, 0.05) is 25.0 Å². The van der Waals surface area contributed by atoms with E-state index < -0.39 is 0 Å². The van der Waals surface area contributed by atoms with Crippen LogP contribution in [0.4, 0.5) is 5.69 Å². The number of rotatable bonds is 5. The number of benzene rings is 2. The molecule has 3 rings (SSSR count). The largest absolute Gasteiger partial charge is 0.493 e. The highest BCUT2D eigenvalue weighted by Gasteiger charge is 2.32. The SMILES string of the molecule is COc1cc2c(cc1OC)C(C)=[N+](c1cc(Br)c(OC)c(OC)c1)C(C)C2. The van der Waals surface area contributed by atoms with Gasteiger partial charge in [-0.2, -0.15) is 4.58 Å². The summed E-state index contributed by atoms with van der Waals surface area (Å²) in [7, 11) is 6.62. The van der Waals surface area contributed by atoms with Crippen LogP contribution in [0.1, 0.15) is 25.0 Å². The van der Waals surface area contributed by atoms with Gasteiger partial charge in [-0.25, -0.2) is 0 Å². The van der Waals surface area contributed by atoms with Crippen molar-refractivity contribution in [1.82, 2.24) is 0 Å². The number of methoxy groups -OCH3 is 4. The van der Waals surface area contributed by atoms with Crippen molar-refractivity contribution < 1.29 is 23.5 Å². The maximum atomic E-state index is 5.53. The van der Waals surface area contributed by atoms with Gasteiger partial charge in [-0.1, -0.05) is 0 Å². The standard InChI is InChI=1S/C21H25BrNO4/c1-12-7-14-8-18(24-3)19(25-4)11-16(14)13(2)23(12)15-9-17(22)21(27-6)20(10-15)26-5/h8-12H,7H2,1-6H3/q+1. The van der Waals surface area contributed by atoms with Gasteiger partial charge >= 0.3 is 0 Å². The minimum atomic E-state index is 0.278. The van der Waals surface area contributed by atoms with E-state index in [0.29, 0.717) is 11.5 Å². The van der Waals surface area contributed by atoms with E-state index in [1.54, 1.807) is 28.4 Å². The van der Waals surface area contributed by atoms with Crippen molar-refractivity contribution in [2.75, 3.05) is 28.4 Å². The van der Waals surface area contributed by atoms with Crippen LogP contribution in [-0.4, -0.2) is 44.8 Å². The van der Waals surface area contributed by atoms with Crippen molar-refractivity contribution in [3.05, 3.63) is 39.9 Å². The number of hydrogen-bond acceptors (Lipinski definition) is 4. The lowest BCUT2D eigenvalue weighted by atomic mass is 9.92. The summed E-state index contributed by atoms with van der Waals surface area (Å²) in [6.07, 6.45) is 0.902. The van der Waals surface area contributed by atoms with Crippen molar-refractivity contribution in [1.29, 1.82) is 0 Å². The van der Waals surface area contributed by atoms with Crippen LogP contribution in [0.15, 0.2) is 28.7 Å². The highest BCUT2D eigenvalue weighted by molar-refractivity contribution is 9.10. The first-order valence-electron chi connectivity index (χ1n) is 8.74. The highest BCUT2D eigenvalue weighted by Crippen LogP contribution is 2.41. The van der Waals surface area contributed by atoms with Crippen LogP contribution in [0.5, 0.6) is 23.0 Å². The molecular weight excluding hydrogens is 410 g/mol. The molecule has 0 spiro atoms. The third-order valence-electron chi connectivity index (χ3n) is 5.01. The molecule has 1 heterocycles. The van der Waals surface area contributed by atoms with E-state index in [-0.39, 0.29) is 6.04 Å². The Hall–Kier alpha value is -2.21. The average molecular weight is 435 g/mol. The first kappa shape index (κ1) is 19.5. The molecule has 2 aromatic carbocycles. The first-order chi connectivity index (χ1) is 12.9. The van der Waals surface area contributed by atoms with E-state index >= 15 is 0 Å². The van der Waals surface area contributed by atoms with Crippen LogP contribution in [-0.2, 0) is 6.42 Å². The number of ether oxygens (including phenoxy) is 4. The minimum Gasteiger partial charge on any atom is -0.493 e. The molecule has 0 aromatic heterocycles. The summed E-state index contributed by atoms with van der Waals surface area (Å²) in [6, 6.07) is 8.48. The molecule has 1 aliphatic rings. The zero-order valence-electron chi connectivity index (χ0n) is 16.6. The Morgan fingerprint density at radius 3 is 2.11 bits per heavy atom. The number of fused-ring (bicyclic) bond motifs is 1. The molecule has 6 heteroatoms. The van der Waals surface area contributed by atoms with Crippen molar-refractivity contribution in [2.24, 2.45) is 0 Å². The van der Waals surface area contributed by atoms with Crippen LogP contribution < -0.4 is 18.9 Å². The zero-order chi connectivity index (χ0) is 19.7. The van der Waals surface area contributed by atoms with E-state index in [1.165, 1.54) is 5.56 Å². The number of hydrogen-bond donors (Lipinski definition) is 0. The fraction of sp³-hybridized carbons (Fsp3) is 0.381. The number of nitrogens with zero attached hydrogens (tertiary/aromatic N) is 1. The van der Waals surface area contributed by atoms with E-state index in [2.05, 4.69) is 52.6 Å². The molecule has 1 unspecified atom stereocenters. The first-order valence-corrected chi connectivity index (χ1v) is 9.54. The Morgan fingerprint density at radius 2 is 1.52 bits per heavy atom. The second kappa shape index (κ2) is 7.80. The van der Waals surface area contributed by atoms with Crippen molar-refractivity contribution in [3.63, 3.8) is 0 Å². The van der Waals surface area contributed by atoms with Gasteiger partial charge in [-0.3, -0.25) is 0 Å². The monoisotopic (exact) mass is 434 g/mol. The van der Waals surface area contributed by atoms with Gasteiger partial charge < -0.3 is 18.9 Å². The van der Waals surface area contributed by atoms with E-state index in [1.807, 2.05) is 6.07 Å².